The van der Waals surface area contributed by atoms with Crippen LogP contribution < -0.4 is 15.4 Å². The molecule has 5 rings (SSSR count). The van der Waals surface area contributed by atoms with E-state index in [0.717, 1.165) is 41.0 Å². The quantitative estimate of drug-likeness (QED) is 0.245. The lowest BCUT2D eigenvalue weighted by atomic mass is 10.0. The number of nitrogens with one attached hydrogen (secondary N) is 2. The van der Waals surface area contributed by atoms with Gasteiger partial charge >= 0.3 is 6.01 Å². The third kappa shape index (κ3) is 7.36. The number of nitrogens with zero attached hydrogens (tertiary/aromatic N) is 8. The van der Waals surface area contributed by atoms with E-state index in [2.05, 4.69) is 52.0 Å². The highest BCUT2D eigenvalue weighted by molar-refractivity contribution is 5.92. The zero-order chi connectivity index (χ0) is 31.1. The number of anilines is 4. The van der Waals surface area contributed by atoms with Gasteiger partial charge in [-0.05, 0) is 37.1 Å². The van der Waals surface area contributed by atoms with Crippen LogP contribution in [0.25, 0.3) is 0 Å². The molecule has 4 heterocycles. The van der Waals surface area contributed by atoms with E-state index < -0.39 is 0 Å². The summed E-state index contributed by atoms with van der Waals surface area (Å²) >= 11 is 0. The maximum Gasteiger partial charge on any atom is 0.318 e. The minimum absolute atomic E-state index is 0.0868. The number of hydrogen-bond acceptors (Lipinski definition) is 12. The zero-order valence-corrected chi connectivity index (χ0v) is 24.9. The fourth-order valence-electron chi connectivity index (χ4n) is 4.73. The summed E-state index contributed by atoms with van der Waals surface area (Å²) in [5, 5.41) is 6.53. The molecule has 44 heavy (non-hydrogen) atoms. The summed E-state index contributed by atoms with van der Waals surface area (Å²) in [6.45, 7) is 10.8. The summed E-state index contributed by atoms with van der Waals surface area (Å²) in [6, 6.07) is 6.27. The molecule has 1 saturated heterocycles. The maximum atomic E-state index is 12.7. The number of hydrogen-bond donors (Lipinski definition) is 2. The van der Waals surface area contributed by atoms with Gasteiger partial charge in [-0.1, -0.05) is 18.7 Å². The van der Waals surface area contributed by atoms with Crippen molar-refractivity contribution in [3.05, 3.63) is 89.8 Å². The molecule has 0 radical (unpaired) electrons. The first kappa shape index (κ1) is 30.2. The smallest absolute Gasteiger partial charge is 0.318 e. The van der Waals surface area contributed by atoms with Crippen LogP contribution in [0.5, 0.6) is 6.01 Å². The Bertz CT molecular complexity index is 1660. The highest BCUT2D eigenvalue weighted by Gasteiger charge is 2.23. The predicted octanol–water partition coefficient (Wildman–Crippen LogP) is 3.42. The molecule has 0 unspecified atom stereocenters. The van der Waals surface area contributed by atoms with E-state index in [1.807, 2.05) is 32.0 Å². The molecule has 1 aromatic carbocycles. The fourth-order valence-corrected chi connectivity index (χ4v) is 4.73. The van der Waals surface area contributed by atoms with Crippen LogP contribution in [-0.4, -0.2) is 84.7 Å². The Balaban J connectivity index is 1.30. The monoisotopic (exact) mass is 594 g/mol. The van der Waals surface area contributed by atoms with Gasteiger partial charge in [0.25, 0.3) is 5.91 Å². The lowest BCUT2D eigenvalue weighted by molar-refractivity contribution is -0.114. The van der Waals surface area contributed by atoms with E-state index in [4.69, 9.17) is 4.74 Å². The molecule has 1 fully saturated rings. The molecule has 1 aliphatic rings. The molecule has 13 heteroatoms. The van der Waals surface area contributed by atoms with Crippen molar-refractivity contribution < 1.29 is 14.3 Å². The third-order valence-electron chi connectivity index (χ3n) is 7.20. The van der Waals surface area contributed by atoms with Gasteiger partial charge in [0.05, 0.1) is 13.3 Å². The number of piperazine rings is 1. The van der Waals surface area contributed by atoms with Crippen molar-refractivity contribution >= 4 is 35.0 Å². The van der Waals surface area contributed by atoms with Crippen LogP contribution in [0.3, 0.4) is 0 Å². The van der Waals surface area contributed by atoms with Crippen molar-refractivity contribution in [2.75, 3.05) is 43.9 Å². The Morgan fingerprint density at radius 2 is 1.70 bits per heavy atom. The Kier molecular flexibility index (Phi) is 9.45. The number of rotatable bonds is 11. The van der Waals surface area contributed by atoms with Crippen molar-refractivity contribution in [3.8, 4) is 6.01 Å². The number of amides is 1. The highest BCUT2D eigenvalue weighted by atomic mass is 16.5. The fraction of sp³-hybridized carbons (Fsp3) is 0.290. The number of benzene rings is 1. The molecule has 0 bridgehead atoms. The molecule has 1 amide bonds. The van der Waals surface area contributed by atoms with E-state index in [1.54, 1.807) is 23.5 Å². The van der Waals surface area contributed by atoms with Crippen LogP contribution in [0.15, 0.2) is 61.8 Å². The molecule has 13 nitrogen and oxygen atoms in total. The molecule has 0 atom stereocenters. The number of aryl methyl sites for hydroxylation is 2. The Morgan fingerprint density at radius 3 is 2.41 bits per heavy atom. The summed E-state index contributed by atoms with van der Waals surface area (Å²) in [7, 11) is 1.50. The molecular weight excluding hydrogens is 560 g/mol. The molecule has 0 spiro atoms. The van der Waals surface area contributed by atoms with Crippen molar-refractivity contribution in [2.45, 2.75) is 26.8 Å². The normalized spacial score (nSPS) is 13.3. The molecule has 2 N–H and O–H groups in total. The van der Waals surface area contributed by atoms with Crippen molar-refractivity contribution in [1.29, 1.82) is 0 Å². The summed E-state index contributed by atoms with van der Waals surface area (Å²) < 4.78 is 5.14. The number of allylic oxidation sites excluding steroid dienone is 1. The van der Waals surface area contributed by atoms with Crippen LogP contribution in [-0.2, 0) is 17.8 Å². The molecule has 4 aromatic rings. The van der Waals surface area contributed by atoms with E-state index in [9.17, 15) is 9.59 Å². The van der Waals surface area contributed by atoms with E-state index in [0.29, 0.717) is 42.9 Å². The van der Waals surface area contributed by atoms with Crippen LogP contribution >= 0.6 is 0 Å². The number of carbonyl (C=O) groups excluding carboxylic acids is 2. The van der Waals surface area contributed by atoms with Gasteiger partial charge in [-0.15, -0.1) is 0 Å². The molecule has 0 aliphatic carbocycles. The topological polar surface area (TPSA) is 151 Å². The largest absolute Gasteiger partial charge is 0.467 e. The van der Waals surface area contributed by atoms with Gasteiger partial charge < -0.3 is 20.3 Å². The minimum Gasteiger partial charge on any atom is -0.467 e. The first-order valence-corrected chi connectivity index (χ1v) is 14.1. The maximum absolute atomic E-state index is 12.7. The summed E-state index contributed by atoms with van der Waals surface area (Å²) in [4.78, 5) is 54.9. The predicted molar refractivity (Wildman–Crippen MR) is 165 cm³/mol. The Labute approximate surface area is 255 Å². The van der Waals surface area contributed by atoms with E-state index >= 15 is 0 Å². The molecule has 0 saturated carbocycles. The number of carbonyl (C=O) groups is 2. The van der Waals surface area contributed by atoms with Gasteiger partial charge in [0.1, 0.15) is 17.3 Å². The Morgan fingerprint density at radius 1 is 0.955 bits per heavy atom. The third-order valence-corrected chi connectivity index (χ3v) is 7.20. The van der Waals surface area contributed by atoms with Gasteiger partial charge in [0, 0.05) is 80.7 Å². The number of ketones is 1. The van der Waals surface area contributed by atoms with Crippen molar-refractivity contribution in [2.24, 2.45) is 0 Å². The summed E-state index contributed by atoms with van der Waals surface area (Å²) in [6.07, 6.45) is 9.46. The first-order valence-electron chi connectivity index (χ1n) is 14.1. The van der Waals surface area contributed by atoms with Crippen LogP contribution in [0.4, 0.5) is 23.3 Å². The zero-order valence-electron chi connectivity index (χ0n) is 24.9. The number of ether oxygens (including phenoxy) is 1. The van der Waals surface area contributed by atoms with E-state index in [1.165, 1.54) is 25.6 Å². The molecule has 3 aromatic heterocycles. The first-order chi connectivity index (χ1) is 21.3. The second-order valence-corrected chi connectivity index (χ2v) is 10.4. The SMILES string of the molecule is C=CC(=O)Cc1cc(CN2CCN(C(=O)c3cnccn3)CC2)ccc1Nc1nc(Nc2nc(OC)ncc2C)ncc1C. The molecule has 1 aliphatic heterocycles. The average molecular weight is 595 g/mol. The summed E-state index contributed by atoms with van der Waals surface area (Å²) in [5.41, 5.74) is 4.64. The van der Waals surface area contributed by atoms with Gasteiger partial charge in [0.2, 0.25) is 5.95 Å². The average Bonchev–Trinajstić information content (AvgIpc) is 3.05. The van der Waals surface area contributed by atoms with Crippen LogP contribution in [0, 0.1) is 13.8 Å². The van der Waals surface area contributed by atoms with Crippen molar-refractivity contribution in [1.82, 2.24) is 39.7 Å². The van der Waals surface area contributed by atoms with Crippen LogP contribution in [0.2, 0.25) is 0 Å². The lowest BCUT2D eigenvalue weighted by Crippen LogP contribution is -2.48. The second kappa shape index (κ2) is 13.8. The van der Waals surface area contributed by atoms with Gasteiger partial charge in [0.15, 0.2) is 5.78 Å². The summed E-state index contributed by atoms with van der Waals surface area (Å²) in [5.74, 6) is 1.27. The lowest BCUT2D eigenvalue weighted by Gasteiger charge is -2.34. The second-order valence-electron chi connectivity index (χ2n) is 10.4. The van der Waals surface area contributed by atoms with Crippen LogP contribution in [0.1, 0.15) is 32.7 Å². The highest BCUT2D eigenvalue weighted by Crippen LogP contribution is 2.26. The van der Waals surface area contributed by atoms with Gasteiger partial charge in [-0.2, -0.15) is 9.97 Å². The van der Waals surface area contributed by atoms with Gasteiger partial charge in [-0.3, -0.25) is 19.5 Å². The van der Waals surface area contributed by atoms with Crippen molar-refractivity contribution in [3.63, 3.8) is 0 Å². The van der Waals surface area contributed by atoms with E-state index in [-0.39, 0.29) is 24.1 Å². The molecule has 226 valence electrons. The Hall–Kier alpha value is -5.30. The minimum atomic E-state index is -0.108. The standard InChI is InChI=1S/C31H34N10O3/c1-5-24(42)15-23-14-22(19-40-10-12-41(13-11-40)29(43)26-18-32-8-9-33-26)6-7-25(23)36-27-20(2)16-34-30(37-27)38-28-21(3)17-35-31(39-28)44-4/h5-9,14,16-18H,1,10-13,15,19H2,2-4H3,(H2,34,35,36,37,38,39). The number of methoxy groups -OCH3 is 1. The number of aromatic nitrogens is 6. The molecular formula is C31H34N10O3. The van der Waals surface area contributed by atoms with Gasteiger partial charge in [-0.25, -0.2) is 15.0 Å².